The van der Waals surface area contributed by atoms with E-state index < -0.39 is 6.10 Å². The van der Waals surface area contributed by atoms with Crippen LogP contribution in [0.1, 0.15) is 18.4 Å². The molecule has 1 aliphatic heterocycles. The van der Waals surface area contributed by atoms with Crippen LogP contribution in [0, 0.1) is 0 Å². The normalized spacial score (nSPS) is 14.4. The number of carbonyl (C=O) groups is 1. The second-order valence-electron chi connectivity index (χ2n) is 7.28. The molecule has 1 atom stereocenters. The van der Waals surface area contributed by atoms with Crippen molar-refractivity contribution in [3.05, 3.63) is 54.4 Å². The fraction of sp³-hybridized carbons (Fsp3) is 0.364. The SMILES string of the molecule is O=C1CCc2c(cccc2OCC(O)CNCCCn2cnc3ccccc32)N1. The number of anilines is 1. The van der Waals surface area contributed by atoms with Crippen molar-refractivity contribution in [1.29, 1.82) is 0 Å². The van der Waals surface area contributed by atoms with Gasteiger partial charge in [0.2, 0.25) is 5.91 Å². The van der Waals surface area contributed by atoms with Gasteiger partial charge in [-0.05, 0) is 43.7 Å². The average molecular weight is 394 g/mol. The number of para-hydroxylation sites is 2. The summed E-state index contributed by atoms with van der Waals surface area (Å²) in [5.74, 6) is 0.760. The summed E-state index contributed by atoms with van der Waals surface area (Å²) in [7, 11) is 0. The van der Waals surface area contributed by atoms with Gasteiger partial charge in [-0.25, -0.2) is 4.98 Å². The van der Waals surface area contributed by atoms with E-state index in [0.717, 1.165) is 47.5 Å². The number of hydrogen-bond acceptors (Lipinski definition) is 5. The van der Waals surface area contributed by atoms with Gasteiger partial charge in [-0.3, -0.25) is 4.79 Å². The zero-order valence-electron chi connectivity index (χ0n) is 16.3. The lowest BCUT2D eigenvalue weighted by molar-refractivity contribution is -0.116. The minimum Gasteiger partial charge on any atom is -0.490 e. The lowest BCUT2D eigenvalue weighted by Gasteiger charge is -2.21. The number of aromatic nitrogens is 2. The van der Waals surface area contributed by atoms with Crippen molar-refractivity contribution in [2.75, 3.05) is 25.0 Å². The molecular weight excluding hydrogens is 368 g/mol. The predicted molar refractivity (Wildman–Crippen MR) is 112 cm³/mol. The fourth-order valence-electron chi connectivity index (χ4n) is 3.60. The van der Waals surface area contributed by atoms with Crippen LogP contribution in [0.4, 0.5) is 5.69 Å². The summed E-state index contributed by atoms with van der Waals surface area (Å²) >= 11 is 0. The molecule has 7 nitrogen and oxygen atoms in total. The number of nitrogens with one attached hydrogen (secondary N) is 2. The first-order valence-corrected chi connectivity index (χ1v) is 10.0. The van der Waals surface area contributed by atoms with E-state index in [1.54, 1.807) is 0 Å². The van der Waals surface area contributed by atoms with Crippen LogP contribution in [-0.2, 0) is 17.8 Å². The Balaban J connectivity index is 1.18. The zero-order chi connectivity index (χ0) is 20.1. The fourth-order valence-corrected chi connectivity index (χ4v) is 3.60. The van der Waals surface area contributed by atoms with Crippen molar-refractivity contribution < 1.29 is 14.6 Å². The highest BCUT2D eigenvalue weighted by Crippen LogP contribution is 2.31. The van der Waals surface area contributed by atoms with Gasteiger partial charge in [0, 0.05) is 30.8 Å². The lowest BCUT2D eigenvalue weighted by Crippen LogP contribution is -2.32. The molecule has 0 saturated heterocycles. The maximum Gasteiger partial charge on any atom is 0.224 e. The number of rotatable bonds is 9. The molecule has 0 radical (unpaired) electrons. The smallest absolute Gasteiger partial charge is 0.224 e. The monoisotopic (exact) mass is 394 g/mol. The van der Waals surface area contributed by atoms with Crippen LogP contribution in [0.25, 0.3) is 11.0 Å². The molecule has 0 spiro atoms. The molecule has 0 bridgehead atoms. The van der Waals surface area contributed by atoms with Gasteiger partial charge in [0.05, 0.1) is 17.4 Å². The Morgan fingerprint density at radius 2 is 2.10 bits per heavy atom. The molecule has 1 aliphatic rings. The Bertz CT molecular complexity index is 985. The minimum absolute atomic E-state index is 0.0302. The van der Waals surface area contributed by atoms with E-state index in [1.165, 1.54) is 0 Å². The number of aliphatic hydroxyl groups is 1. The van der Waals surface area contributed by atoms with Crippen LogP contribution in [-0.4, -0.2) is 46.4 Å². The Hall–Kier alpha value is -2.90. The van der Waals surface area contributed by atoms with Crippen molar-refractivity contribution in [3.8, 4) is 5.75 Å². The quantitative estimate of drug-likeness (QED) is 0.485. The number of aryl methyl sites for hydroxylation is 1. The first-order valence-electron chi connectivity index (χ1n) is 10.0. The van der Waals surface area contributed by atoms with Gasteiger partial charge in [-0.15, -0.1) is 0 Å². The summed E-state index contributed by atoms with van der Waals surface area (Å²) in [6.45, 7) is 2.36. The van der Waals surface area contributed by atoms with E-state index in [-0.39, 0.29) is 12.5 Å². The predicted octanol–water partition coefficient (Wildman–Crippen LogP) is 2.34. The number of ether oxygens (including phenoxy) is 1. The number of fused-ring (bicyclic) bond motifs is 2. The van der Waals surface area contributed by atoms with E-state index in [9.17, 15) is 9.90 Å². The molecular formula is C22H26N4O3. The highest BCUT2D eigenvalue weighted by atomic mass is 16.5. The van der Waals surface area contributed by atoms with Crippen LogP contribution < -0.4 is 15.4 Å². The van der Waals surface area contributed by atoms with Crippen LogP contribution in [0.3, 0.4) is 0 Å². The second-order valence-corrected chi connectivity index (χ2v) is 7.28. The van der Waals surface area contributed by atoms with Gasteiger partial charge in [0.1, 0.15) is 18.5 Å². The molecule has 0 aliphatic carbocycles. The van der Waals surface area contributed by atoms with Crippen LogP contribution >= 0.6 is 0 Å². The van der Waals surface area contributed by atoms with Gasteiger partial charge >= 0.3 is 0 Å². The van der Waals surface area contributed by atoms with Crippen molar-refractivity contribution in [2.24, 2.45) is 0 Å². The third-order valence-corrected chi connectivity index (χ3v) is 5.10. The Kier molecular flexibility index (Phi) is 6.07. The molecule has 3 N–H and O–H groups in total. The average Bonchev–Trinajstić information content (AvgIpc) is 3.15. The molecule has 1 aromatic heterocycles. The zero-order valence-corrected chi connectivity index (χ0v) is 16.3. The summed E-state index contributed by atoms with van der Waals surface area (Å²) in [5.41, 5.74) is 3.96. The van der Waals surface area contributed by atoms with Gasteiger partial charge in [-0.2, -0.15) is 0 Å². The molecule has 152 valence electrons. The van der Waals surface area contributed by atoms with Gasteiger partial charge in [0.15, 0.2) is 0 Å². The Morgan fingerprint density at radius 3 is 3.03 bits per heavy atom. The van der Waals surface area contributed by atoms with E-state index in [4.69, 9.17) is 4.74 Å². The van der Waals surface area contributed by atoms with E-state index in [0.29, 0.717) is 19.4 Å². The largest absolute Gasteiger partial charge is 0.490 e. The van der Waals surface area contributed by atoms with Crippen molar-refractivity contribution in [3.63, 3.8) is 0 Å². The van der Waals surface area contributed by atoms with E-state index >= 15 is 0 Å². The molecule has 0 saturated carbocycles. The highest BCUT2D eigenvalue weighted by molar-refractivity contribution is 5.94. The van der Waals surface area contributed by atoms with Crippen LogP contribution in [0.5, 0.6) is 5.75 Å². The number of nitrogens with zero attached hydrogens (tertiary/aromatic N) is 2. The summed E-state index contributed by atoms with van der Waals surface area (Å²) in [5, 5.41) is 16.3. The highest BCUT2D eigenvalue weighted by Gasteiger charge is 2.18. The molecule has 2 aromatic carbocycles. The number of hydrogen-bond donors (Lipinski definition) is 3. The van der Waals surface area contributed by atoms with Crippen molar-refractivity contribution >= 4 is 22.6 Å². The number of aliphatic hydroxyl groups excluding tert-OH is 1. The summed E-state index contributed by atoms with van der Waals surface area (Å²) < 4.78 is 7.96. The number of benzene rings is 2. The van der Waals surface area contributed by atoms with Crippen LogP contribution in [0.15, 0.2) is 48.8 Å². The summed E-state index contributed by atoms with van der Waals surface area (Å²) in [4.78, 5) is 15.9. The topological polar surface area (TPSA) is 88.4 Å². The minimum atomic E-state index is -0.599. The molecule has 1 unspecified atom stereocenters. The molecule has 29 heavy (non-hydrogen) atoms. The van der Waals surface area contributed by atoms with Gasteiger partial charge in [0.25, 0.3) is 0 Å². The van der Waals surface area contributed by atoms with Gasteiger partial charge in [-0.1, -0.05) is 18.2 Å². The number of imidazole rings is 1. The maximum absolute atomic E-state index is 11.5. The Morgan fingerprint density at radius 1 is 1.21 bits per heavy atom. The van der Waals surface area contributed by atoms with Crippen molar-refractivity contribution in [2.45, 2.75) is 31.9 Å². The van der Waals surface area contributed by atoms with Crippen molar-refractivity contribution in [1.82, 2.24) is 14.9 Å². The summed E-state index contributed by atoms with van der Waals surface area (Å²) in [6, 6.07) is 13.7. The third-order valence-electron chi connectivity index (χ3n) is 5.10. The van der Waals surface area contributed by atoms with Crippen LogP contribution in [0.2, 0.25) is 0 Å². The first-order chi connectivity index (χ1) is 14.2. The standard InChI is InChI=1S/C22H26N4O3/c27-16(14-29-21-8-3-6-18-17(21)9-10-22(28)25-18)13-23-11-4-12-26-15-24-19-5-1-2-7-20(19)26/h1-3,5-8,15-16,23,27H,4,9-14H2,(H,25,28). The van der Waals surface area contributed by atoms with Gasteiger partial charge < -0.3 is 25.0 Å². The molecule has 2 heterocycles. The van der Waals surface area contributed by atoms with E-state index in [1.807, 2.05) is 42.7 Å². The number of carbonyl (C=O) groups excluding carboxylic acids is 1. The number of amides is 1. The lowest BCUT2D eigenvalue weighted by atomic mass is 10.0. The molecule has 3 aromatic rings. The maximum atomic E-state index is 11.5. The van der Waals surface area contributed by atoms with E-state index in [2.05, 4.69) is 26.3 Å². The summed E-state index contributed by atoms with van der Waals surface area (Å²) in [6.07, 6.45) is 3.34. The second kappa shape index (κ2) is 9.07. The Labute approximate surface area is 169 Å². The third kappa shape index (κ3) is 4.75. The molecule has 4 rings (SSSR count). The molecule has 1 amide bonds. The molecule has 7 heteroatoms. The first kappa shape index (κ1) is 19.4. The molecule has 0 fully saturated rings.